The molecule has 0 saturated carbocycles. The van der Waals surface area contributed by atoms with Gasteiger partial charge in [0, 0.05) is 35.9 Å². The average molecular weight is 270 g/mol. The summed E-state index contributed by atoms with van der Waals surface area (Å²) in [6.45, 7) is 3.43. The van der Waals surface area contributed by atoms with Crippen LogP contribution in [0, 0.1) is 0 Å². The van der Waals surface area contributed by atoms with Crippen LogP contribution in [-0.2, 0) is 0 Å². The Morgan fingerprint density at radius 3 is 3.20 bits per heavy atom. The van der Waals surface area contributed by atoms with Gasteiger partial charge in [0.15, 0.2) is 0 Å². The summed E-state index contributed by atoms with van der Waals surface area (Å²) in [7, 11) is 0. The third kappa shape index (κ3) is 3.20. The molecule has 1 fully saturated rings. The fourth-order valence-corrected chi connectivity index (χ4v) is 2.90. The molecular formula is C16H22N4. The lowest BCUT2D eigenvalue weighted by Crippen LogP contribution is -2.29. The van der Waals surface area contributed by atoms with E-state index >= 15 is 0 Å². The molecule has 2 N–H and O–H groups in total. The van der Waals surface area contributed by atoms with E-state index in [1.807, 2.05) is 17.1 Å². The van der Waals surface area contributed by atoms with E-state index in [0.717, 1.165) is 5.69 Å². The number of nitrogens with one attached hydrogen (secondary N) is 2. The Kier molecular flexibility index (Phi) is 4.02. The van der Waals surface area contributed by atoms with Crippen molar-refractivity contribution in [3.05, 3.63) is 43.0 Å². The molecule has 2 unspecified atom stereocenters. The van der Waals surface area contributed by atoms with Gasteiger partial charge in [-0.2, -0.15) is 0 Å². The van der Waals surface area contributed by atoms with Crippen LogP contribution in [0.4, 0.5) is 5.69 Å². The van der Waals surface area contributed by atoms with Gasteiger partial charge in [0.25, 0.3) is 0 Å². The van der Waals surface area contributed by atoms with Gasteiger partial charge < -0.3 is 15.2 Å². The Hall–Kier alpha value is -1.81. The van der Waals surface area contributed by atoms with Crippen molar-refractivity contribution in [2.75, 3.05) is 11.9 Å². The number of rotatable bonds is 5. The summed E-state index contributed by atoms with van der Waals surface area (Å²) in [6, 6.07) is 9.62. The summed E-state index contributed by atoms with van der Waals surface area (Å²) in [6.07, 6.45) is 9.38. The monoisotopic (exact) mass is 270 g/mol. The molecule has 106 valence electrons. The maximum absolute atomic E-state index is 4.09. The predicted octanol–water partition coefficient (Wildman–Crippen LogP) is 2.81. The SMILES string of the molecule is CC(CC1CCCN1)Nc1cccc(-n2ccnc2)c1. The Labute approximate surface area is 120 Å². The number of anilines is 1. The van der Waals surface area contributed by atoms with E-state index in [9.17, 15) is 0 Å². The summed E-state index contributed by atoms with van der Waals surface area (Å²) in [4.78, 5) is 4.09. The van der Waals surface area contributed by atoms with Crippen molar-refractivity contribution in [3.8, 4) is 5.69 Å². The quantitative estimate of drug-likeness (QED) is 0.878. The van der Waals surface area contributed by atoms with Gasteiger partial charge in [0.1, 0.15) is 0 Å². The number of imidazole rings is 1. The maximum atomic E-state index is 4.09. The number of hydrogen-bond acceptors (Lipinski definition) is 3. The smallest absolute Gasteiger partial charge is 0.0991 e. The Morgan fingerprint density at radius 1 is 1.50 bits per heavy atom. The van der Waals surface area contributed by atoms with Crippen molar-refractivity contribution in [3.63, 3.8) is 0 Å². The maximum Gasteiger partial charge on any atom is 0.0991 e. The predicted molar refractivity (Wildman–Crippen MR) is 82.3 cm³/mol. The molecule has 1 saturated heterocycles. The van der Waals surface area contributed by atoms with E-state index in [1.165, 1.54) is 31.5 Å². The highest BCUT2D eigenvalue weighted by molar-refractivity contribution is 5.51. The first-order chi connectivity index (χ1) is 9.81. The summed E-state index contributed by atoms with van der Waals surface area (Å²) in [5.41, 5.74) is 2.31. The van der Waals surface area contributed by atoms with Crippen molar-refractivity contribution >= 4 is 5.69 Å². The van der Waals surface area contributed by atoms with Gasteiger partial charge in [-0.1, -0.05) is 6.07 Å². The molecule has 1 aliphatic rings. The van der Waals surface area contributed by atoms with Crippen LogP contribution in [0.3, 0.4) is 0 Å². The number of hydrogen-bond donors (Lipinski definition) is 2. The van der Waals surface area contributed by atoms with Crippen molar-refractivity contribution in [1.29, 1.82) is 0 Å². The van der Waals surface area contributed by atoms with Gasteiger partial charge in [0.05, 0.1) is 6.33 Å². The van der Waals surface area contributed by atoms with Crippen LogP contribution < -0.4 is 10.6 Å². The Morgan fingerprint density at radius 2 is 2.45 bits per heavy atom. The molecular weight excluding hydrogens is 248 g/mol. The molecule has 0 radical (unpaired) electrons. The molecule has 1 aromatic heterocycles. The first-order valence-electron chi connectivity index (χ1n) is 7.39. The molecule has 2 aromatic rings. The Bertz CT molecular complexity index is 529. The highest BCUT2D eigenvalue weighted by atomic mass is 15.0. The van der Waals surface area contributed by atoms with E-state index in [4.69, 9.17) is 0 Å². The largest absolute Gasteiger partial charge is 0.382 e. The summed E-state index contributed by atoms with van der Waals surface area (Å²) in [5.74, 6) is 0. The second-order valence-electron chi connectivity index (χ2n) is 5.59. The van der Waals surface area contributed by atoms with E-state index in [2.05, 4.69) is 46.8 Å². The van der Waals surface area contributed by atoms with Crippen molar-refractivity contribution in [2.24, 2.45) is 0 Å². The van der Waals surface area contributed by atoms with Gasteiger partial charge in [-0.25, -0.2) is 4.98 Å². The molecule has 0 amide bonds. The van der Waals surface area contributed by atoms with Gasteiger partial charge in [-0.15, -0.1) is 0 Å². The first kappa shape index (κ1) is 13.2. The second-order valence-corrected chi connectivity index (χ2v) is 5.59. The lowest BCUT2D eigenvalue weighted by Gasteiger charge is -2.19. The molecule has 3 rings (SSSR count). The van der Waals surface area contributed by atoms with Crippen LogP contribution >= 0.6 is 0 Å². The highest BCUT2D eigenvalue weighted by Gasteiger charge is 2.16. The van der Waals surface area contributed by atoms with Gasteiger partial charge in [-0.05, 0) is 50.9 Å². The van der Waals surface area contributed by atoms with Crippen molar-refractivity contribution < 1.29 is 0 Å². The van der Waals surface area contributed by atoms with Crippen LogP contribution in [0.15, 0.2) is 43.0 Å². The minimum absolute atomic E-state index is 0.476. The lowest BCUT2D eigenvalue weighted by atomic mass is 10.1. The second kappa shape index (κ2) is 6.09. The van der Waals surface area contributed by atoms with Crippen LogP contribution in [-0.4, -0.2) is 28.2 Å². The van der Waals surface area contributed by atoms with Crippen molar-refractivity contribution in [2.45, 2.75) is 38.3 Å². The summed E-state index contributed by atoms with van der Waals surface area (Å²) < 4.78 is 2.02. The topological polar surface area (TPSA) is 41.9 Å². The van der Waals surface area contributed by atoms with Crippen LogP contribution in [0.1, 0.15) is 26.2 Å². The fraction of sp³-hybridized carbons (Fsp3) is 0.438. The highest BCUT2D eigenvalue weighted by Crippen LogP contribution is 2.18. The normalized spacial score (nSPS) is 19.9. The molecule has 1 aliphatic heterocycles. The fourth-order valence-electron chi connectivity index (χ4n) is 2.90. The van der Waals surface area contributed by atoms with Gasteiger partial charge in [0.2, 0.25) is 0 Å². The van der Waals surface area contributed by atoms with E-state index in [-0.39, 0.29) is 0 Å². The zero-order chi connectivity index (χ0) is 13.8. The molecule has 4 heteroatoms. The van der Waals surface area contributed by atoms with Crippen LogP contribution in [0.25, 0.3) is 5.69 Å². The number of benzene rings is 1. The molecule has 20 heavy (non-hydrogen) atoms. The molecule has 0 spiro atoms. The minimum Gasteiger partial charge on any atom is -0.382 e. The first-order valence-corrected chi connectivity index (χ1v) is 7.39. The Balaban J connectivity index is 1.63. The average Bonchev–Trinajstić information content (AvgIpc) is 3.11. The molecule has 2 atom stereocenters. The summed E-state index contributed by atoms with van der Waals surface area (Å²) >= 11 is 0. The zero-order valence-electron chi connectivity index (χ0n) is 11.9. The molecule has 0 aliphatic carbocycles. The van der Waals surface area contributed by atoms with E-state index < -0.39 is 0 Å². The third-order valence-electron chi connectivity index (χ3n) is 3.86. The number of nitrogens with zero attached hydrogens (tertiary/aromatic N) is 2. The lowest BCUT2D eigenvalue weighted by molar-refractivity contribution is 0.523. The van der Waals surface area contributed by atoms with Crippen LogP contribution in [0.2, 0.25) is 0 Å². The standard InChI is InChI=1S/C16H22N4/c1-13(10-14-5-3-7-18-14)19-15-4-2-6-16(11-15)20-9-8-17-12-20/h2,4,6,8-9,11-14,18-19H,3,5,7,10H2,1H3. The number of aromatic nitrogens is 2. The van der Waals surface area contributed by atoms with Gasteiger partial charge in [-0.3, -0.25) is 0 Å². The zero-order valence-corrected chi connectivity index (χ0v) is 11.9. The molecule has 4 nitrogen and oxygen atoms in total. The molecule has 0 bridgehead atoms. The van der Waals surface area contributed by atoms with Crippen LogP contribution in [0.5, 0.6) is 0 Å². The summed E-state index contributed by atoms with van der Waals surface area (Å²) in [5, 5.41) is 7.15. The van der Waals surface area contributed by atoms with Gasteiger partial charge >= 0.3 is 0 Å². The molecule has 2 heterocycles. The van der Waals surface area contributed by atoms with Crippen molar-refractivity contribution in [1.82, 2.24) is 14.9 Å². The van der Waals surface area contributed by atoms with E-state index in [0.29, 0.717) is 12.1 Å². The molecule has 1 aromatic carbocycles. The minimum atomic E-state index is 0.476. The van der Waals surface area contributed by atoms with E-state index in [1.54, 1.807) is 6.20 Å². The third-order valence-corrected chi connectivity index (χ3v) is 3.86.